The number of thiazole rings is 1. The van der Waals surface area contributed by atoms with Crippen molar-refractivity contribution < 1.29 is 45.1 Å². The molecule has 4 fully saturated rings. The highest BCUT2D eigenvalue weighted by atomic mass is 32.1. The fraction of sp³-hybridized carbons (Fsp3) is 0.559. The van der Waals surface area contributed by atoms with Crippen molar-refractivity contribution >= 4 is 39.1 Å². The van der Waals surface area contributed by atoms with Gasteiger partial charge < -0.3 is 19.9 Å². The average Bonchev–Trinajstić information content (AvgIpc) is 3.62. The number of halogens is 7. The van der Waals surface area contributed by atoms with Crippen molar-refractivity contribution in [2.75, 3.05) is 44.7 Å². The van der Waals surface area contributed by atoms with Crippen LogP contribution < -0.4 is 10.2 Å². The van der Waals surface area contributed by atoms with Crippen LogP contribution in [-0.2, 0) is 16.1 Å². The fourth-order valence-corrected chi connectivity index (χ4v) is 8.83. The van der Waals surface area contributed by atoms with Gasteiger partial charge in [-0.2, -0.15) is 13.2 Å². The lowest BCUT2D eigenvalue weighted by molar-refractivity contribution is -0.205. The van der Waals surface area contributed by atoms with Crippen molar-refractivity contribution in [1.82, 2.24) is 15.2 Å². The molecule has 1 spiro atoms. The first kappa shape index (κ1) is 34.0. The molecular weight excluding hydrogens is 677 g/mol. The van der Waals surface area contributed by atoms with Crippen LogP contribution in [0.4, 0.5) is 36.4 Å². The van der Waals surface area contributed by atoms with Gasteiger partial charge in [0.25, 0.3) is 5.91 Å². The molecule has 49 heavy (non-hydrogen) atoms. The summed E-state index contributed by atoms with van der Waals surface area (Å²) in [6.07, 6.45) is -4.65. The predicted molar refractivity (Wildman–Crippen MR) is 168 cm³/mol. The fourth-order valence-electron chi connectivity index (χ4n) is 7.78. The zero-order valence-electron chi connectivity index (χ0n) is 26.6. The Hall–Kier alpha value is -3.46. The van der Waals surface area contributed by atoms with E-state index in [1.165, 1.54) is 11.9 Å². The Bertz CT molecular complexity index is 1780. The number of ether oxygens (including phenoxy) is 1. The van der Waals surface area contributed by atoms with E-state index in [9.17, 15) is 40.3 Å². The average molecular weight is 713 g/mol. The Kier molecular flexibility index (Phi) is 8.40. The number of likely N-dealkylation sites (tertiary alicyclic amines) is 1. The van der Waals surface area contributed by atoms with Gasteiger partial charge in [-0.05, 0) is 42.7 Å². The lowest BCUT2D eigenvalue weighted by atomic mass is 9.71. The maximum absolute atomic E-state index is 14.9. The molecule has 7 nitrogen and oxygen atoms in total. The van der Waals surface area contributed by atoms with Crippen molar-refractivity contribution in [2.24, 2.45) is 16.7 Å². The van der Waals surface area contributed by atoms with Crippen LogP contribution in [0, 0.1) is 28.4 Å². The second-order valence-corrected chi connectivity index (χ2v) is 15.0. The number of benzene rings is 2. The summed E-state index contributed by atoms with van der Waals surface area (Å²) in [7, 11) is 1.39. The highest BCUT2D eigenvalue weighted by molar-refractivity contribution is 7.21. The maximum atomic E-state index is 14.9. The summed E-state index contributed by atoms with van der Waals surface area (Å²) < 4.78 is 105. The van der Waals surface area contributed by atoms with E-state index in [1.54, 1.807) is 0 Å². The third kappa shape index (κ3) is 6.04. The number of alkyl halides is 5. The molecule has 3 aromatic rings. The Morgan fingerprint density at radius 3 is 2.43 bits per heavy atom. The van der Waals surface area contributed by atoms with E-state index in [0.29, 0.717) is 18.5 Å². The molecule has 264 valence electrons. The summed E-state index contributed by atoms with van der Waals surface area (Å²) in [6, 6.07) is 8.65. The van der Waals surface area contributed by atoms with Crippen molar-refractivity contribution in [3.8, 4) is 0 Å². The van der Waals surface area contributed by atoms with Gasteiger partial charge in [0.1, 0.15) is 10.9 Å². The number of nitrogens with zero attached hydrogens (tertiary/aromatic N) is 3. The number of hydrogen-bond donors (Lipinski definition) is 1. The minimum atomic E-state index is -4.64. The third-order valence-corrected chi connectivity index (χ3v) is 11.9. The van der Waals surface area contributed by atoms with Gasteiger partial charge in [-0.1, -0.05) is 24.3 Å². The number of hydrogen-bond acceptors (Lipinski definition) is 6. The normalized spacial score (nSPS) is 22.8. The number of anilines is 1. The standard InChI is InChI=1S/C34H35F7N4O3S/c1-42-28(46)29-43-26-25(36)23(35)12-24(27(26)49-29)44-13-22(31(16-44)17-45(18-31)30(47)32(9-10-32)34(39,40)41)15-48-14-19-3-2-4-21(11-19)20-5-7-33(37,38)8-6-20/h2-4,11-12,20,22H,5-10,13-18H2,1H3,(H,42,46). The van der Waals surface area contributed by atoms with Crippen molar-refractivity contribution in [1.29, 1.82) is 0 Å². The Morgan fingerprint density at radius 1 is 1.06 bits per heavy atom. The highest BCUT2D eigenvalue weighted by Gasteiger charge is 2.71. The maximum Gasteiger partial charge on any atom is 0.403 e. The lowest BCUT2D eigenvalue weighted by Gasteiger charge is -2.52. The Labute approximate surface area is 281 Å². The minimum Gasteiger partial charge on any atom is -0.376 e. The zero-order valence-corrected chi connectivity index (χ0v) is 27.5. The summed E-state index contributed by atoms with van der Waals surface area (Å²) in [5, 5.41) is 2.37. The summed E-state index contributed by atoms with van der Waals surface area (Å²) in [5.41, 5.74) is -1.21. The van der Waals surface area contributed by atoms with Gasteiger partial charge in [-0.25, -0.2) is 22.5 Å². The van der Waals surface area contributed by atoms with Crippen LogP contribution in [-0.4, -0.2) is 73.6 Å². The molecule has 0 radical (unpaired) electrons. The number of amides is 2. The molecule has 2 aromatic carbocycles. The topological polar surface area (TPSA) is 74.8 Å². The largest absolute Gasteiger partial charge is 0.403 e. The highest BCUT2D eigenvalue weighted by Crippen LogP contribution is 2.60. The molecule has 2 saturated heterocycles. The molecule has 7 rings (SSSR count). The lowest BCUT2D eigenvalue weighted by Crippen LogP contribution is -2.65. The molecular formula is C34H35F7N4O3S. The van der Waals surface area contributed by atoms with E-state index in [0.717, 1.165) is 28.5 Å². The van der Waals surface area contributed by atoms with Gasteiger partial charge >= 0.3 is 6.18 Å². The molecule has 2 aliphatic carbocycles. The summed E-state index contributed by atoms with van der Waals surface area (Å²) >= 11 is 0.907. The molecule has 1 atom stereocenters. The summed E-state index contributed by atoms with van der Waals surface area (Å²) in [5.74, 6) is -6.74. The molecule has 4 aliphatic rings. The van der Waals surface area contributed by atoms with Gasteiger partial charge in [0.2, 0.25) is 11.8 Å². The van der Waals surface area contributed by atoms with Crippen LogP contribution in [0.3, 0.4) is 0 Å². The second kappa shape index (κ2) is 12.1. The van der Waals surface area contributed by atoms with Gasteiger partial charge in [-0.3, -0.25) is 9.59 Å². The van der Waals surface area contributed by atoms with Crippen LogP contribution in [0.15, 0.2) is 30.3 Å². The number of carbonyl (C=O) groups excluding carboxylic acids is 2. The summed E-state index contributed by atoms with van der Waals surface area (Å²) in [6.45, 7) is 0.976. The van der Waals surface area contributed by atoms with E-state index in [4.69, 9.17) is 4.74 Å². The first-order valence-corrected chi connectivity index (χ1v) is 17.1. The molecule has 2 aliphatic heterocycles. The number of aromatic nitrogens is 1. The minimum absolute atomic E-state index is 0.0276. The molecule has 15 heteroatoms. The van der Waals surface area contributed by atoms with Gasteiger partial charge in [-0.15, -0.1) is 11.3 Å². The zero-order chi connectivity index (χ0) is 34.9. The smallest absolute Gasteiger partial charge is 0.376 e. The molecule has 1 N–H and O–H groups in total. The molecule has 0 bridgehead atoms. The van der Waals surface area contributed by atoms with E-state index in [-0.39, 0.29) is 92.1 Å². The predicted octanol–water partition coefficient (Wildman–Crippen LogP) is 7.05. The van der Waals surface area contributed by atoms with Crippen molar-refractivity contribution in [3.05, 3.63) is 58.1 Å². The number of rotatable bonds is 8. The monoisotopic (exact) mass is 712 g/mol. The van der Waals surface area contributed by atoms with Crippen LogP contribution in [0.2, 0.25) is 0 Å². The molecule has 1 aromatic heterocycles. The van der Waals surface area contributed by atoms with Crippen LogP contribution in [0.5, 0.6) is 0 Å². The molecule has 2 saturated carbocycles. The van der Waals surface area contributed by atoms with Gasteiger partial charge in [0, 0.05) is 63.5 Å². The van der Waals surface area contributed by atoms with Gasteiger partial charge in [0.15, 0.2) is 16.6 Å². The van der Waals surface area contributed by atoms with Crippen molar-refractivity contribution in [2.45, 2.75) is 63.1 Å². The van der Waals surface area contributed by atoms with E-state index >= 15 is 0 Å². The quantitative estimate of drug-likeness (QED) is 0.254. The van der Waals surface area contributed by atoms with Gasteiger partial charge in [0.05, 0.1) is 23.6 Å². The number of nitrogens with one attached hydrogen (secondary N) is 1. The summed E-state index contributed by atoms with van der Waals surface area (Å²) in [4.78, 5) is 32.5. The number of fused-ring (bicyclic) bond motifs is 1. The van der Waals surface area contributed by atoms with E-state index in [1.807, 2.05) is 29.2 Å². The van der Waals surface area contributed by atoms with Crippen LogP contribution in [0.25, 0.3) is 10.2 Å². The number of carbonyl (C=O) groups is 2. The second-order valence-electron chi connectivity index (χ2n) is 14.0. The SMILES string of the molecule is CNC(=O)c1nc2c(F)c(F)cc(N3CC(COCc4cccc(C5CCC(F)(F)CC5)c4)C4(CN(C(=O)C5(C(F)(F)F)CC5)C4)C3)c2s1. The van der Waals surface area contributed by atoms with Crippen LogP contribution >= 0.6 is 11.3 Å². The first-order valence-electron chi connectivity index (χ1n) is 16.3. The third-order valence-electron chi connectivity index (χ3n) is 10.8. The molecule has 1 unspecified atom stereocenters. The van der Waals surface area contributed by atoms with E-state index in [2.05, 4.69) is 10.3 Å². The first-order chi connectivity index (χ1) is 23.2. The van der Waals surface area contributed by atoms with Crippen molar-refractivity contribution in [3.63, 3.8) is 0 Å². The van der Waals surface area contributed by atoms with Crippen LogP contribution in [0.1, 0.15) is 65.4 Å². The Morgan fingerprint density at radius 2 is 1.78 bits per heavy atom. The van der Waals surface area contributed by atoms with E-state index < -0.39 is 46.4 Å². The molecule has 3 heterocycles. The Balaban J connectivity index is 1.11. The molecule has 2 amide bonds.